The SMILES string of the molecule is CCNC(Cc1cccc(Br)c1)C1(N(C)C)CCCC1. The Morgan fingerprint density at radius 3 is 2.55 bits per heavy atom. The first kappa shape index (κ1) is 16.0. The molecule has 0 bridgehead atoms. The Hall–Kier alpha value is -0.380. The van der Waals surface area contributed by atoms with Crippen LogP contribution in [0.5, 0.6) is 0 Å². The maximum Gasteiger partial charge on any atom is 0.0359 e. The minimum Gasteiger partial charge on any atom is -0.312 e. The lowest BCUT2D eigenvalue weighted by atomic mass is 9.83. The molecule has 1 atom stereocenters. The Kier molecular flexibility index (Phi) is 5.65. The van der Waals surface area contributed by atoms with Crippen LogP contribution in [-0.2, 0) is 6.42 Å². The van der Waals surface area contributed by atoms with E-state index in [0.717, 1.165) is 13.0 Å². The maximum atomic E-state index is 3.76. The summed E-state index contributed by atoms with van der Waals surface area (Å²) < 4.78 is 1.18. The van der Waals surface area contributed by atoms with Crippen molar-refractivity contribution in [3.63, 3.8) is 0 Å². The van der Waals surface area contributed by atoms with Crippen molar-refractivity contribution in [2.24, 2.45) is 0 Å². The average molecular weight is 339 g/mol. The number of halogens is 1. The Bertz CT molecular complexity index is 425. The molecule has 0 saturated heterocycles. The number of likely N-dealkylation sites (N-methyl/N-ethyl adjacent to an activating group) is 2. The molecule has 0 aromatic heterocycles. The van der Waals surface area contributed by atoms with Gasteiger partial charge in [-0.05, 0) is 57.6 Å². The van der Waals surface area contributed by atoms with Crippen LogP contribution in [0.3, 0.4) is 0 Å². The van der Waals surface area contributed by atoms with Gasteiger partial charge < -0.3 is 10.2 Å². The molecule has 0 aliphatic heterocycles. The normalized spacial score (nSPS) is 19.4. The van der Waals surface area contributed by atoms with Gasteiger partial charge in [-0.25, -0.2) is 0 Å². The Balaban J connectivity index is 2.21. The van der Waals surface area contributed by atoms with Crippen molar-refractivity contribution in [1.29, 1.82) is 0 Å². The van der Waals surface area contributed by atoms with Crippen LogP contribution in [0.4, 0.5) is 0 Å². The molecule has 3 heteroatoms. The van der Waals surface area contributed by atoms with Crippen molar-refractivity contribution in [2.45, 2.75) is 50.6 Å². The average Bonchev–Trinajstić information content (AvgIpc) is 2.89. The molecule has 1 aromatic carbocycles. The zero-order valence-corrected chi connectivity index (χ0v) is 14.5. The molecule has 1 aromatic rings. The molecule has 0 radical (unpaired) electrons. The van der Waals surface area contributed by atoms with E-state index in [2.05, 4.69) is 71.4 Å². The van der Waals surface area contributed by atoms with Crippen molar-refractivity contribution in [2.75, 3.05) is 20.6 Å². The molecule has 1 aliphatic rings. The quantitative estimate of drug-likeness (QED) is 0.847. The zero-order chi connectivity index (χ0) is 14.6. The van der Waals surface area contributed by atoms with E-state index in [1.54, 1.807) is 0 Å². The van der Waals surface area contributed by atoms with E-state index in [9.17, 15) is 0 Å². The Morgan fingerprint density at radius 2 is 2.00 bits per heavy atom. The third kappa shape index (κ3) is 3.44. The molecule has 2 rings (SSSR count). The second-order valence-electron chi connectivity index (χ2n) is 6.15. The van der Waals surface area contributed by atoms with E-state index < -0.39 is 0 Å². The monoisotopic (exact) mass is 338 g/mol. The summed E-state index contributed by atoms with van der Waals surface area (Å²) in [5.74, 6) is 0. The highest BCUT2D eigenvalue weighted by Gasteiger charge is 2.42. The Morgan fingerprint density at radius 1 is 1.30 bits per heavy atom. The minimum atomic E-state index is 0.318. The molecule has 1 aliphatic carbocycles. The highest BCUT2D eigenvalue weighted by molar-refractivity contribution is 9.10. The number of nitrogens with one attached hydrogen (secondary N) is 1. The maximum absolute atomic E-state index is 3.76. The highest BCUT2D eigenvalue weighted by atomic mass is 79.9. The fourth-order valence-corrected chi connectivity index (χ4v) is 4.14. The molecule has 1 unspecified atom stereocenters. The number of nitrogens with zero attached hydrogens (tertiary/aromatic N) is 1. The van der Waals surface area contributed by atoms with Crippen LogP contribution in [0.2, 0.25) is 0 Å². The zero-order valence-electron chi connectivity index (χ0n) is 13.0. The van der Waals surface area contributed by atoms with Gasteiger partial charge in [-0.15, -0.1) is 0 Å². The van der Waals surface area contributed by atoms with Crippen molar-refractivity contribution in [3.8, 4) is 0 Å². The molecular weight excluding hydrogens is 312 g/mol. The summed E-state index contributed by atoms with van der Waals surface area (Å²) in [4.78, 5) is 2.46. The predicted molar refractivity (Wildman–Crippen MR) is 90.2 cm³/mol. The third-order valence-electron chi connectivity index (χ3n) is 4.79. The summed E-state index contributed by atoms with van der Waals surface area (Å²) in [5, 5.41) is 3.76. The molecule has 0 heterocycles. The van der Waals surface area contributed by atoms with Crippen LogP contribution in [0.1, 0.15) is 38.2 Å². The van der Waals surface area contributed by atoms with E-state index in [0.29, 0.717) is 11.6 Å². The van der Waals surface area contributed by atoms with Crippen molar-refractivity contribution in [1.82, 2.24) is 10.2 Å². The lowest BCUT2D eigenvalue weighted by Gasteiger charge is -2.44. The molecule has 20 heavy (non-hydrogen) atoms. The van der Waals surface area contributed by atoms with Crippen LogP contribution in [-0.4, -0.2) is 37.1 Å². The topological polar surface area (TPSA) is 15.3 Å². The molecule has 0 amide bonds. The van der Waals surface area contributed by atoms with E-state index in [4.69, 9.17) is 0 Å². The fourth-order valence-electron chi connectivity index (χ4n) is 3.69. The summed E-state index contributed by atoms with van der Waals surface area (Å²) >= 11 is 3.59. The summed E-state index contributed by atoms with van der Waals surface area (Å²) in [6.07, 6.45) is 6.44. The first-order chi connectivity index (χ1) is 9.58. The van der Waals surface area contributed by atoms with Gasteiger partial charge in [-0.3, -0.25) is 0 Å². The van der Waals surface area contributed by atoms with Gasteiger partial charge in [0.15, 0.2) is 0 Å². The Labute approximate surface area is 132 Å². The van der Waals surface area contributed by atoms with Gasteiger partial charge >= 0.3 is 0 Å². The lowest BCUT2D eigenvalue weighted by molar-refractivity contribution is 0.105. The van der Waals surface area contributed by atoms with E-state index in [-0.39, 0.29) is 0 Å². The van der Waals surface area contributed by atoms with Crippen LogP contribution in [0, 0.1) is 0 Å². The predicted octanol–water partition coefficient (Wildman–Crippen LogP) is 3.84. The summed E-state index contributed by atoms with van der Waals surface area (Å²) in [6, 6.07) is 9.26. The van der Waals surface area contributed by atoms with E-state index >= 15 is 0 Å². The summed E-state index contributed by atoms with van der Waals surface area (Å²) in [6.45, 7) is 3.25. The van der Waals surface area contributed by atoms with Gasteiger partial charge in [-0.1, -0.05) is 47.8 Å². The van der Waals surface area contributed by atoms with Crippen molar-refractivity contribution < 1.29 is 0 Å². The van der Waals surface area contributed by atoms with Crippen LogP contribution in [0.25, 0.3) is 0 Å². The lowest BCUT2D eigenvalue weighted by Crippen LogP contribution is -2.58. The number of rotatable bonds is 6. The molecule has 112 valence electrons. The molecule has 0 spiro atoms. The molecule has 1 saturated carbocycles. The standard InChI is InChI=1S/C17H27BrN2/c1-4-19-16(13-14-8-7-9-15(18)12-14)17(20(2)3)10-5-6-11-17/h7-9,12,16,19H,4-6,10-11,13H2,1-3H3. The number of hydrogen-bond donors (Lipinski definition) is 1. The van der Waals surface area contributed by atoms with Gasteiger partial charge in [0.1, 0.15) is 0 Å². The molecule has 1 N–H and O–H groups in total. The second kappa shape index (κ2) is 7.06. The fraction of sp³-hybridized carbons (Fsp3) is 0.647. The summed E-state index contributed by atoms with van der Waals surface area (Å²) in [7, 11) is 4.49. The number of hydrogen-bond acceptors (Lipinski definition) is 2. The molecule has 1 fully saturated rings. The largest absolute Gasteiger partial charge is 0.312 e. The first-order valence-corrected chi connectivity index (χ1v) is 8.53. The second-order valence-corrected chi connectivity index (χ2v) is 7.07. The van der Waals surface area contributed by atoms with E-state index in [1.807, 2.05) is 0 Å². The summed E-state index contributed by atoms with van der Waals surface area (Å²) in [5.41, 5.74) is 1.73. The van der Waals surface area contributed by atoms with Gasteiger partial charge in [0.25, 0.3) is 0 Å². The highest BCUT2D eigenvalue weighted by Crippen LogP contribution is 2.38. The smallest absolute Gasteiger partial charge is 0.0359 e. The third-order valence-corrected chi connectivity index (χ3v) is 5.28. The van der Waals surface area contributed by atoms with Gasteiger partial charge in [0.2, 0.25) is 0 Å². The number of benzene rings is 1. The van der Waals surface area contributed by atoms with E-state index in [1.165, 1.54) is 35.7 Å². The minimum absolute atomic E-state index is 0.318. The van der Waals surface area contributed by atoms with Crippen molar-refractivity contribution >= 4 is 15.9 Å². The van der Waals surface area contributed by atoms with Gasteiger partial charge in [0, 0.05) is 16.1 Å². The van der Waals surface area contributed by atoms with Crippen molar-refractivity contribution in [3.05, 3.63) is 34.3 Å². The van der Waals surface area contributed by atoms with Crippen LogP contribution in [0.15, 0.2) is 28.7 Å². The van der Waals surface area contributed by atoms with Crippen LogP contribution < -0.4 is 5.32 Å². The van der Waals surface area contributed by atoms with Gasteiger partial charge in [-0.2, -0.15) is 0 Å². The van der Waals surface area contributed by atoms with Crippen LogP contribution >= 0.6 is 15.9 Å². The molecule has 2 nitrogen and oxygen atoms in total. The van der Waals surface area contributed by atoms with Gasteiger partial charge in [0.05, 0.1) is 0 Å². The first-order valence-electron chi connectivity index (χ1n) is 7.74. The molecular formula is C17H27BrN2.